The lowest BCUT2D eigenvalue weighted by molar-refractivity contribution is 0.0938. The minimum absolute atomic E-state index is 0.0623. The minimum Gasteiger partial charge on any atom is -0.349 e. The van der Waals surface area contributed by atoms with Crippen LogP contribution in [0.15, 0.2) is 28.7 Å². The third-order valence-electron chi connectivity index (χ3n) is 2.93. The predicted octanol–water partition coefficient (Wildman–Crippen LogP) is 3.74. The molecule has 22 heavy (non-hydrogen) atoms. The fraction of sp³-hybridized carbons (Fsp3) is 0.312. The first-order chi connectivity index (χ1) is 10.3. The number of carbonyl (C=O) groups excluding carboxylic acids is 1. The van der Waals surface area contributed by atoms with Gasteiger partial charge in [-0.2, -0.15) is 0 Å². The molecule has 116 valence electrons. The fourth-order valence-corrected chi connectivity index (χ4v) is 2.26. The number of amides is 1. The van der Waals surface area contributed by atoms with Gasteiger partial charge in [0.1, 0.15) is 5.69 Å². The van der Waals surface area contributed by atoms with E-state index in [1.807, 2.05) is 45.9 Å². The van der Waals surface area contributed by atoms with Crippen LogP contribution in [0.2, 0.25) is 0 Å². The van der Waals surface area contributed by atoms with E-state index in [1.54, 1.807) is 6.07 Å². The van der Waals surface area contributed by atoms with E-state index in [4.69, 9.17) is 0 Å². The van der Waals surface area contributed by atoms with Gasteiger partial charge in [-0.05, 0) is 51.5 Å². The Morgan fingerprint density at radius 3 is 2.55 bits per heavy atom. The maximum atomic E-state index is 12.1. The van der Waals surface area contributed by atoms with Crippen molar-refractivity contribution in [2.24, 2.45) is 0 Å². The molecule has 0 atom stereocenters. The van der Waals surface area contributed by atoms with Gasteiger partial charge in [-0.3, -0.25) is 4.79 Å². The minimum atomic E-state index is -0.200. The smallest absolute Gasteiger partial charge is 0.270 e. The molecule has 0 radical (unpaired) electrons. The van der Waals surface area contributed by atoms with Crippen molar-refractivity contribution in [1.29, 1.82) is 0 Å². The van der Waals surface area contributed by atoms with E-state index in [0.717, 1.165) is 21.4 Å². The van der Waals surface area contributed by atoms with Crippen LogP contribution in [0.3, 0.4) is 0 Å². The van der Waals surface area contributed by atoms with E-state index in [9.17, 15) is 4.79 Å². The van der Waals surface area contributed by atoms with Crippen molar-refractivity contribution in [2.75, 3.05) is 5.32 Å². The summed E-state index contributed by atoms with van der Waals surface area (Å²) in [7, 11) is 0. The number of halogens is 1. The SMILES string of the molecule is Cc1cc(C(=O)NC(C)C)nc(Nc2ccc(C)c(Br)c2)n1. The molecule has 1 aromatic heterocycles. The number of nitrogens with one attached hydrogen (secondary N) is 2. The molecule has 0 spiro atoms. The fourth-order valence-electron chi connectivity index (χ4n) is 1.88. The van der Waals surface area contributed by atoms with Crippen molar-refractivity contribution in [3.63, 3.8) is 0 Å². The van der Waals surface area contributed by atoms with Crippen molar-refractivity contribution in [1.82, 2.24) is 15.3 Å². The van der Waals surface area contributed by atoms with E-state index in [-0.39, 0.29) is 11.9 Å². The van der Waals surface area contributed by atoms with Crippen LogP contribution < -0.4 is 10.6 Å². The number of aryl methyl sites for hydroxylation is 2. The second-order valence-corrected chi connectivity index (χ2v) is 6.29. The molecule has 1 amide bonds. The van der Waals surface area contributed by atoms with Crippen LogP contribution in [-0.4, -0.2) is 21.9 Å². The summed E-state index contributed by atoms with van der Waals surface area (Å²) in [5.41, 5.74) is 3.10. The third-order valence-corrected chi connectivity index (χ3v) is 3.79. The topological polar surface area (TPSA) is 66.9 Å². The quantitative estimate of drug-likeness (QED) is 0.869. The number of hydrogen-bond donors (Lipinski definition) is 2. The van der Waals surface area contributed by atoms with Crippen molar-refractivity contribution in [3.8, 4) is 0 Å². The van der Waals surface area contributed by atoms with E-state index in [2.05, 4.69) is 36.5 Å². The van der Waals surface area contributed by atoms with Crippen molar-refractivity contribution < 1.29 is 4.79 Å². The third kappa shape index (κ3) is 4.27. The largest absolute Gasteiger partial charge is 0.349 e. The van der Waals surface area contributed by atoms with Crippen LogP contribution in [0.4, 0.5) is 11.6 Å². The summed E-state index contributed by atoms with van der Waals surface area (Å²) in [6.45, 7) is 7.68. The molecule has 2 N–H and O–H groups in total. The molecule has 0 saturated heterocycles. The first-order valence-electron chi connectivity index (χ1n) is 7.05. The average molecular weight is 363 g/mol. The second-order valence-electron chi connectivity index (χ2n) is 5.44. The number of aromatic nitrogens is 2. The molecule has 2 rings (SSSR count). The van der Waals surface area contributed by atoms with Crippen LogP contribution >= 0.6 is 15.9 Å². The van der Waals surface area contributed by atoms with Gasteiger partial charge in [0.15, 0.2) is 0 Å². The van der Waals surface area contributed by atoms with Crippen molar-refractivity contribution >= 4 is 33.5 Å². The summed E-state index contributed by atoms with van der Waals surface area (Å²) in [4.78, 5) is 20.7. The molecule has 0 bridgehead atoms. The molecule has 5 nitrogen and oxygen atoms in total. The molecule has 0 aliphatic carbocycles. The zero-order valence-corrected chi connectivity index (χ0v) is 14.7. The zero-order chi connectivity index (χ0) is 16.3. The highest BCUT2D eigenvalue weighted by Crippen LogP contribution is 2.22. The highest BCUT2D eigenvalue weighted by molar-refractivity contribution is 9.10. The van der Waals surface area contributed by atoms with Gasteiger partial charge in [0.25, 0.3) is 5.91 Å². The Balaban J connectivity index is 2.26. The van der Waals surface area contributed by atoms with Gasteiger partial charge in [0.05, 0.1) is 0 Å². The van der Waals surface area contributed by atoms with Gasteiger partial charge in [-0.15, -0.1) is 0 Å². The summed E-state index contributed by atoms with van der Waals surface area (Å²) >= 11 is 3.49. The van der Waals surface area contributed by atoms with E-state index in [1.165, 1.54) is 0 Å². The van der Waals surface area contributed by atoms with E-state index in [0.29, 0.717) is 11.6 Å². The molecular formula is C16H19BrN4O. The Hall–Kier alpha value is -1.95. The summed E-state index contributed by atoms with van der Waals surface area (Å²) in [6, 6.07) is 7.63. The van der Waals surface area contributed by atoms with Gasteiger partial charge >= 0.3 is 0 Å². The Morgan fingerprint density at radius 2 is 1.91 bits per heavy atom. The summed E-state index contributed by atoms with van der Waals surface area (Å²) in [6.07, 6.45) is 0. The van der Waals surface area contributed by atoms with Crippen molar-refractivity contribution in [2.45, 2.75) is 33.7 Å². The Bertz CT molecular complexity index is 701. The number of nitrogens with zero attached hydrogens (tertiary/aromatic N) is 2. The predicted molar refractivity (Wildman–Crippen MR) is 91.5 cm³/mol. The number of benzene rings is 1. The van der Waals surface area contributed by atoms with Crippen LogP contribution in [0.25, 0.3) is 0 Å². The van der Waals surface area contributed by atoms with Crippen LogP contribution in [0, 0.1) is 13.8 Å². The molecule has 1 aromatic carbocycles. The Labute approximate surface area is 138 Å². The van der Waals surface area contributed by atoms with Gasteiger partial charge in [-0.25, -0.2) is 9.97 Å². The van der Waals surface area contributed by atoms with Gasteiger partial charge in [0, 0.05) is 21.9 Å². The van der Waals surface area contributed by atoms with Gasteiger partial charge in [-0.1, -0.05) is 22.0 Å². The summed E-state index contributed by atoms with van der Waals surface area (Å²) in [5.74, 6) is 0.207. The molecule has 0 fully saturated rings. The highest BCUT2D eigenvalue weighted by atomic mass is 79.9. The number of rotatable bonds is 4. The molecule has 0 unspecified atom stereocenters. The first-order valence-corrected chi connectivity index (χ1v) is 7.84. The number of carbonyl (C=O) groups is 1. The standard InChI is InChI=1S/C16H19BrN4O/c1-9(2)18-15(22)14-7-11(4)19-16(21-14)20-12-6-5-10(3)13(17)8-12/h5-9H,1-4H3,(H,18,22)(H,19,20,21). The maximum absolute atomic E-state index is 12.1. The van der Waals surface area contributed by atoms with Crippen LogP contribution in [0.5, 0.6) is 0 Å². The Kier molecular flexibility index (Phi) is 5.13. The molecule has 0 aliphatic rings. The first kappa shape index (κ1) is 16.4. The van der Waals surface area contributed by atoms with Gasteiger partial charge < -0.3 is 10.6 Å². The summed E-state index contributed by atoms with van der Waals surface area (Å²) in [5, 5.41) is 5.96. The number of hydrogen-bond acceptors (Lipinski definition) is 4. The lowest BCUT2D eigenvalue weighted by atomic mass is 10.2. The number of anilines is 2. The lowest BCUT2D eigenvalue weighted by Gasteiger charge is -2.11. The monoisotopic (exact) mass is 362 g/mol. The normalized spacial score (nSPS) is 10.6. The molecule has 6 heteroatoms. The Morgan fingerprint density at radius 1 is 1.18 bits per heavy atom. The van der Waals surface area contributed by atoms with Crippen LogP contribution in [-0.2, 0) is 0 Å². The van der Waals surface area contributed by atoms with E-state index >= 15 is 0 Å². The second kappa shape index (κ2) is 6.87. The van der Waals surface area contributed by atoms with E-state index < -0.39 is 0 Å². The summed E-state index contributed by atoms with van der Waals surface area (Å²) < 4.78 is 1.00. The molecule has 2 aromatic rings. The zero-order valence-electron chi connectivity index (χ0n) is 13.1. The molecule has 0 saturated carbocycles. The lowest BCUT2D eigenvalue weighted by Crippen LogP contribution is -2.31. The molecule has 1 heterocycles. The molecule has 0 aliphatic heterocycles. The van der Waals surface area contributed by atoms with Gasteiger partial charge in [0.2, 0.25) is 5.95 Å². The van der Waals surface area contributed by atoms with Crippen LogP contribution in [0.1, 0.15) is 35.6 Å². The molecular weight excluding hydrogens is 344 g/mol. The maximum Gasteiger partial charge on any atom is 0.270 e. The van der Waals surface area contributed by atoms with Crippen molar-refractivity contribution in [3.05, 3.63) is 45.7 Å². The average Bonchev–Trinajstić information content (AvgIpc) is 2.41. The highest BCUT2D eigenvalue weighted by Gasteiger charge is 2.11.